The lowest BCUT2D eigenvalue weighted by atomic mass is 9.93. The standard InChI is InChI=1S/C22H17FN2O3/c1-28-20-12-16(23)11-18-17(20)10-15-4-2-3-5-19(15)24-21(18)13-6-8-14(9-7-13)22(26)25-27/h2-9,11-12,27H,10H2,1H3,(H,25,26). The van der Waals surface area contributed by atoms with Crippen molar-refractivity contribution in [3.05, 3.63) is 94.3 Å². The van der Waals surface area contributed by atoms with Crippen LogP contribution in [0.5, 0.6) is 5.75 Å². The molecule has 0 fully saturated rings. The minimum absolute atomic E-state index is 0.304. The fourth-order valence-electron chi connectivity index (χ4n) is 3.39. The Bertz CT molecular complexity index is 1090. The van der Waals surface area contributed by atoms with E-state index in [-0.39, 0.29) is 0 Å². The lowest BCUT2D eigenvalue weighted by molar-refractivity contribution is 0.0706. The predicted octanol–water partition coefficient (Wildman–Crippen LogP) is 4.03. The third-order valence-electron chi connectivity index (χ3n) is 4.76. The van der Waals surface area contributed by atoms with E-state index in [2.05, 4.69) is 0 Å². The highest BCUT2D eigenvalue weighted by molar-refractivity contribution is 6.16. The molecule has 1 amide bonds. The second-order valence-corrected chi connectivity index (χ2v) is 6.42. The van der Waals surface area contributed by atoms with Crippen LogP contribution in [0, 0.1) is 5.82 Å². The highest BCUT2D eigenvalue weighted by Gasteiger charge is 2.22. The van der Waals surface area contributed by atoms with Crippen LogP contribution in [0.3, 0.4) is 0 Å². The Labute approximate surface area is 161 Å². The average molecular weight is 376 g/mol. The van der Waals surface area contributed by atoms with Crippen molar-refractivity contribution in [1.82, 2.24) is 5.48 Å². The number of nitrogens with one attached hydrogen (secondary N) is 1. The first-order valence-electron chi connectivity index (χ1n) is 8.69. The highest BCUT2D eigenvalue weighted by Crippen LogP contribution is 2.35. The number of benzene rings is 3. The molecule has 1 aliphatic rings. The molecule has 6 heteroatoms. The summed E-state index contributed by atoms with van der Waals surface area (Å²) in [6.45, 7) is 0. The quantitative estimate of drug-likeness (QED) is 0.419. The van der Waals surface area contributed by atoms with E-state index in [1.807, 2.05) is 24.3 Å². The summed E-state index contributed by atoms with van der Waals surface area (Å²) in [6.07, 6.45) is 0.562. The first kappa shape index (κ1) is 17.9. The van der Waals surface area contributed by atoms with Gasteiger partial charge in [-0.1, -0.05) is 30.3 Å². The summed E-state index contributed by atoms with van der Waals surface area (Å²) < 4.78 is 19.7. The number of para-hydroxylation sites is 1. The molecule has 3 aromatic carbocycles. The lowest BCUT2D eigenvalue weighted by Crippen LogP contribution is -2.18. The van der Waals surface area contributed by atoms with Gasteiger partial charge < -0.3 is 4.74 Å². The second kappa shape index (κ2) is 7.25. The number of aliphatic imine (C=N–C) groups is 1. The second-order valence-electron chi connectivity index (χ2n) is 6.42. The molecule has 0 spiro atoms. The van der Waals surface area contributed by atoms with Gasteiger partial charge in [-0.15, -0.1) is 0 Å². The van der Waals surface area contributed by atoms with E-state index in [0.717, 1.165) is 22.4 Å². The number of rotatable bonds is 3. The van der Waals surface area contributed by atoms with Gasteiger partial charge >= 0.3 is 0 Å². The molecule has 0 aromatic heterocycles. The zero-order chi connectivity index (χ0) is 19.7. The van der Waals surface area contributed by atoms with Gasteiger partial charge in [0.1, 0.15) is 11.6 Å². The van der Waals surface area contributed by atoms with Crippen LogP contribution in [0.2, 0.25) is 0 Å². The number of carbonyl (C=O) groups excluding carboxylic acids is 1. The topological polar surface area (TPSA) is 70.9 Å². The summed E-state index contributed by atoms with van der Waals surface area (Å²) in [7, 11) is 1.52. The number of fused-ring (bicyclic) bond motifs is 2. The van der Waals surface area contributed by atoms with Crippen LogP contribution >= 0.6 is 0 Å². The Kier molecular flexibility index (Phi) is 4.63. The molecule has 0 saturated heterocycles. The molecule has 28 heavy (non-hydrogen) atoms. The van der Waals surface area contributed by atoms with Crippen molar-refractivity contribution in [2.24, 2.45) is 4.99 Å². The fourth-order valence-corrected chi connectivity index (χ4v) is 3.39. The Morgan fingerprint density at radius 2 is 1.89 bits per heavy atom. The molecule has 2 N–H and O–H groups in total. The van der Waals surface area contributed by atoms with Crippen molar-refractivity contribution in [2.75, 3.05) is 7.11 Å². The molecule has 1 heterocycles. The van der Waals surface area contributed by atoms with Gasteiger partial charge in [0.05, 0.1) is 18.5 Å². The Hall–Kier alpha value is -3.51. The summed E-state index contributed by atoms with van der Waals surface area (Å²) in [6, 6.07) is 17.2. The molecular weight excluding hydrogens is 359 g/mol. The van der Waals surface area contributed by atoms with Crippen molar-refractivity contribution < 1.29 is 19.1 Å². The molecule has 0 bridgehead atoms. The van der Waals surface area contributed by atoms with Crippen molar-refractivity contribution in [3.63, 3.8) is 0 Å². The van der Waals surface area contributed by atoms with Crippen molar-refractivity contribution in [3.8, 4) is 5.75 Å². The lowest BCUT2D eigenvalue weighted by Gasteiger charge is -2.14. The van der Waals surface area contributed by atoms with E-state index >= 15 is 0 Å². The maximum absolute atomic E-state index is 14.3. The number of carbonyl (C=O) groups is 1. The zero-order valence-electron chi connectivity index (χ0n) is 15.1. The Balaban J connectivity index is 1.94. The smallest absolute Gasteiger partial charge is 0.274 e. The van der Waals surface area contributed by atoms with Crippen LogP contribution < -0.4 is 10.2 Å². The van der Waals surface area contributed by atoms with E-state index < -0.39 is 11.7 Å². The number of hydrogen-bond donors (Lipinski definition) is 2. The van der Waals surface area contributed by atoms with Gasteiger partial charge in [0.2, 0.25) is 0 Å². The molecule has 3 aromatic rings. The van der Waals surface area contributed by atoms with E-state index in [4.69, 9.17) is 14.9 Å². The van der Waals surface area contributed by atoms with Gasteiger partial charge in [0.25, 0.3) is 5.91 Å². The summed E-state index contributed by atoms with van der Waals surface area (Å²) in [5.74, 6) is -0.547. The summed E-state index contributed by atoms with van der Waals surface area (Å²) in [5.41, 5.74) is 6.53. The Morgan fingerprint density at radius 1 is 1.14 bits per heavy atom. The van der Waals surface area contributed by atoms with Gasteiger partial charge in [-0.05, 0) is 29.8 Å². The third kappa shape index (κ3) is 3.14. The van der Waals surface area contributed by atoms with Crippen molar-refractivity contribution in [2.45, 2.75) is 6.42 Å². The normalized spacial score (nSPS) is 12.3. The molecule has 0 atom stereocenters. The van der Waals surface area contributed by atoms with E-state index in [1.54, 1.807) is 29.7 Å². The summed E-state index contributed by atoms with van der Waals surface area (Å²) >= 11 is 0. The van der Waals surface area contributed by atoms with Gasteiger partial charge in [-0.3, -0.25) is 10.0 Å². The summed E-state index contributed by atoms with van der Waals surface area (Å²) in [4.78, 5) is 16.4. The van der Waals surface area contributed by atoms with Crippen LogP contribution in [0.25, 0.3) is 0 Å². The van der Waals surface area contributed by atoms with Gasteiger partial charge in [-0.2, -0.15) is 0 Å². The van der Waals surface area contributed by atoms with Crippen molar-refractivity contribution >= 4 is 17.3 Å². The van der Waals surface area contributed by atoms with E-state index in [1.165, 1.54) is 19.2 Å². The van der Waals surface area contributed by atoms with Crippen LogP contribution in [0.4, 0.5) is 10.1 Å². The summed E-state index contributed by atoms with van der Waals surface area (Å²) in [5, 5.41) is 8.79. The predicted molar refractivity (Wildman–Crippen MR) is 103 cm³/mol. The Morgan fingerprint density at radius 3 is 2.61 bits per heavy atom. The van der Waals surface area contributed by atoms with Crippen molar-refractivity contribution in [1.29, 1.82) is 0 Å². The highest BCUT2D eigenvalue weighted by atomic mass is 19.1. The monoisotopic (exact) mass is 376 g/mol. The van der Waals surface area contributed by atoms with Gasteiger partial charge in [0.15, 0.2) is 0 Å². The number of hydrogen-bond acceptors (Lipinski definition) is 4. The SMILES string of the molecule is COc1cc(F)cc2c1Cc1ccccc1N=C2c1ccc(C(=O)NO)cc1. The maximum Gasteiger partial charge on any atom is 0.274 e. The van der Waals surface area contributed by atoms with Crippen LogP contribution in [-0.4, -0.2) is 23.9 Å². The number of hydroxylamine groups is 1. The number of methoxy groups -OCH3 is 1. The molecule has 5 nitrogen and oxygen atoms in total. The van der Waals surface area contributed by atoms with E-state index in [0.29, 0.717) is 29.0 Å². The largest absolute Gasteiger partial charge is 0.496 e. The number of ether oxygens (including phenoxy) is 1. The first-order valence-corrected chi connectivity index (χ1v) is 8.69. The first-order chi connectivity index (χ1) is 13.6. The maximum atomic E-state index is 14.3. The molecular formula is C22H17FN2O3. The number of nitrogens with zero attached hydrogens (tertiary/aromatic N) is 1. The molecule has 0 saturated carbocycles. The van der Waals surface area contributed by atoms with Gasteiger partial charge in [0, 0.05) is 34.7 Å². The molecule has 0 aliphatic carbocycles. The van der Waals surface area contributed by atoms with Crippen LogP contribution in [0.15, 0.2) is 65.7 Å². The average Bonchev–Trinajstić information content (AvgIpc) is 2.89. The zero-order valence-corrected chi connectivity index (χ0v) is 15.1. The number of amides is 1. The number of halogens is 1. The fraction of sp³-hybridized carbons (Fsp3) is 0.0909. The third-order valence-corrected chi connectivity index (χ3v) is 4.76. The molecule has 1 aliphatic heterocycles. The van der Waals surface area contributed by atoms with Gasteiger partial charge in [-0.25, -0.2) is 14.9 Å². The minimum atomic E-state index is -0.604. The molecule has 4 rings (SSSR count). The minimum Gasteiger partial charge on any atom is -0.496 e. The molecule has 140 valence electrons. The molecule has 0 unspecified atom stereocenters. The van der Waals surface area contributed by atoms with Crippen LogP contribution in [0.1, 0.15) is 32.6 Å². The molecule has 0 radical (unpaired) electrons. The van der Waals surface area contributed by atoms with E-state index in [9.17, 15) is 9.18 Å². The van der Waals surface area contributed by atoms with Crippen LogP contribution in [-0.2, 0) is 6.42 Å².